The van der Waals surface area contributed by atoms with Crippen LogP contribution in [-0.2, 0) is 4.74 Å². The Morgan fingerprint density at radius 1 is 1.32 bits per heavy atom. The monoisotopic (exact) mass is 260 g/mol. The van der Waals surface area contributed by atoms with E-state index in [4.69, 9.17) is 16.2 Å². The molecule has 102 valence electrons. The number of morpholine rings is 1. The highest BCUT2D eigenvalue weighted by atomic mass is 16.5. The molecule has 5 heteroatoms. The van der Waals surface area contributed by atoms with Gasteiger partial charge in [0.2, 0.25) is 0 Å². The zero-order valence-corrected chi connectivity index (χ0v) is 11.2. The first-order valence-electron chi connectivity index (χ1n) is 6.36. The molecule has 5 nitrogen and oxygen atoms in total. The Bertz CT molecular complexity index is 486. The van der Waals surface area contributed by atoms with Crippen molar-refractivity contribution in [3.63, 3.8) is 0 Å². The average molecular weight is 260 g/mol. The summed E-state index contributed by atoms with van der Waals surface area (Å²) in [6.45, 7) is 5.14. The lowest BCUT2D eigenvalue weighted by atomic mass is 10.2. The number of hydrogen-bond donors (Lipinski definition) is 2. The van der Waals surface area contributed by atoms with Gasteiger partial charge in [-0.3, -0.25) is 0 Å². The molecule has 2 rings (SSSR count). The lowest BCUT2D eigenvalue weighted by molar-refractivity contribution is 0.122. The first kappa shape index (κ1) is 13.4. The highest BCUT2D eigenvalue weighted by Gasteiger charge is 2.11. The van der Waals surface area contributed by atoms with Gasteiger partial charge in [-0.1, -0.05) is 6.07 Å². The van der Waals surface area contributed by atoms with Crippen LogP contribution in [-0.4, -0.2) is 32.1 Å². The van der Waals surface area contributed by atoms with Gasteiger partial charge in [0.15, 0.2) is 0 Å². The summed E-state index contributed by atoms with van der Waals surface area (Å²) in [6.07, 6.45) is 1.65. The fourth-order valence-corrected chi connectivity index (χ4v) is 2.00. The second kappa shape index (κ2) is 6.24. The zero-order chi connectivity index (χ0) is 13.7. The van der Waals surface area contributed by atoms with Crippen molar-refractivity contribution in [1.29, 1.82) is 0 Å². The van der Waals surface area contributed by atoms with E-state index >= 15 is 0 Å². The largest absolute Gasteiger partial charge is 0.402 e. The van der Waals surface area contributed by atoms with Crippen LogP contribution >= 0.6 is 0 Å². The number of benzene rings is 1. The molecule has 1 aliphatic heterocycles. The van der Waals surface area contributed by atoms with Crippen LogP contribution < -0.4 is 16.4 Å². The average Bonchev–Trinajstić information content (AvgIpc) is 2.39. The first-order chi connectivity index (χ1) is 9.15. The predicted molar refractivity (Wildman–Crippen MR) is 78.7 cm³/mol. The van der Waals surface area contributed by atoms with Crippen LogP contribution in [0.3, 0.4) is 0 Å². The van der Waals surface area contributed by atoms with E-state index in [1.807, 2.05) is 18.2 Å². The van der Waals surface area contributed by atoms with Crippen LogP contribution in [0.2, 0.25) is 0 Å². The Morgan fingerprint density at radius 3 is 2.74 bits per heavy atom. The Morgan fingerprint density at radius 2 is 2.05 bits per heavy atom. The number of allylic oxidation sites excluding steroid dienone is 1. The third-order valence-corrected chi connectivity index (χ3v) is 2.84. The third-order valence-electron chi connectivity index (χ3n) is 2.84. The molecule has 0 radical (unpaired) electrons. The molecule has 1 aromatic rings. The topological polar surface area (TPSA) is 76.9 Å². The number of rotatable bonds is 3. The van der Waals surface area contributed by atoms with E-state index in [0.29, 0.717) is 11.5 Å². The maximum Gasteiger partial charge on any atom is 0.125 e. The Kier molecular flexibility index (Phi) is 4.41. The quantitative estimate of drug-likeness (QED) is 0.635. The molecular formula is C14H20N4O. The molecule has 0 unspecified atom stereocenters. The van der Waals surface area contributed by atoms with E-state index < -0.39 is 0 Å². The number of ether oxygens (including phenoxy) is 1. The Balaban J connectivity index is 2.17. The lowest BCUT2D eigenvalue weighted by Gasteiger charge is -2.28. The molecule has 1 heterocycles. The standard InChI is InChI=1S/C14H20N4O/c1-11(15)9-14(16)17-12-3-2-4-13(10-12)18-5-7-19-8-6-18/h2-4,9-10H,5-8,15H2,1H3,(H2,16,17). The van der Waals surface area contributed by atoms with E-state index in [1.165, 1.54) is 0 Å². The molecule has 1 aromatic carbocycles. The van der Waals surface area contributed by atoms with Crippen molar-refractivity contribution in [1.82, 2.24) is 0 Å². The fraction of sp³-hybridized carbons (Fsp3) is 0.357. The maximum atomic E-state index is 5.80. The van der Waals surface area contributed by atoms with Gasteiger partial charge in [0, 0.05) is 24.5 Å². The Hall–Kier alpha value is -2.01. The minimum absolute atomic E-state index is 0.416. The number of nitrogens with two attached hydrogens (primary N) is 2. The molecule has 1 aliphatic rings. The summed E-state index contributed by atoms with van der Waals surface area (Å²) >= 11 is 0. The molecule has 19 heavy (non-hydrogen) atoms. The number of amidine groups is 1. The summed E-state index contributed by atoms with van der Waals surface area (Å²) in [7, 11) is 0. The summed E-state index contributed by atoms with van der Waals surface area (Å²) < 4.78 is 5.35. The molecule has 0 atom stereocenters. The second-order valence-electron chi connectivity index (χ2n) is 4.54. The van der Waals surface area contributed by atoms with Crippen molar-refractivity contribution in [2.75, 3.05) is 31.2 Å². The maximum absolute atomic E-state index is 5.80. The van der Waals surface area contributed by atoms with Crippen LogP contribution in [0, 0.1) is 0 Å². The van der Waals surface area contributed by atoms with E-state index in [0.717, 1.165) is 37.7 Å². The second-order valence-corrected chi connectivity index (χ2v) is 4.54. The molecule has 1 saturated heterocycles. The van der Waals surface area contributed by atoms with Gasteiger partial charge in [-0.15, -0.1) is 0 Å². The summed E-state index contributed by atoms with van der Waals surface area (Å²) in [5.74, 6) is 0.416. The molecule has 0 spiro atoms. The van der Waals surface area contributed by atoms with Crippen LogP contribution in [0.5, 0.6) is 0 Å². The zero-order valence-electron chi connectivity index (χ0n) is 11.2. The van der Waals surface area contributed by atoms with Crippen molar-refractivity contribution >= 4 is 17.2 Å². The van der Waals surface area contributed by atoms with Crippen molar-refractivity contribution in [3.8, 4) is 0 Å². The summed E-state index contributed by atoms with van der Waals surface area (Å²) in [5.41, 5.74) is 14.0. The van der Waals surface area contributed by atoms with Gasteiger partial charge in [0.25, 0.3) is 0 Å². The third kappa shape index (κ3) is 3.99. The smallest absolute Gasteiger partial charge is 0.125 e. The van der Waals surface area contributed by atoms with Gasteiger partial charge < -0.3 is 21.1 Å². The molecular weight excluding hydrogens is 240 g/mol. The van der Waals surface area contributed by atoms with Crippen molar-refractivity contribution in [2.45, 2.75) is 6.92 Å². The van der Waals surface area contributed by atoms with Gasteiger partial charge in [-0.25, -0.2) is 4.99 Å². The van der Waals surface area contributed by atoms with Gasteiger partial charge in [-0.2, -0.15) is 0 Å². The summed E-state index contributed by atoms with van der Waals surface area (Å²) in [4.78, 5) is 6.62. The van der Waals surface area contributed by atoms with Gasteiger partial charge >= 0.3 is 0 Å². The molecule has 1 fully saturated rings. The van der Waals surface area contributed by atoms with E-state index in [2.05, 4.69) is 16.0 Å². The fourth-order valence-electron chi connectivity index (χ4n) is 2.00. The van der Waals surface area contributed by atoms with Crippen molar-refractivity contribution < 1.29 is 4.74 Å². The number of aliphatic imine (C=N–C) groups is 1. The lowest BCUT2D eigenvalue weighted by Crippen LogP contribution is -2.36. The normalized spacial score (nSPS) is 17.6. The number of nitrogens with zero attached hydrogens (tertiary/aromatic N) is 2. The van der Waals surface area contributed by atoms with Crippen LogP contribution in [0.15, 0.2) is 41.0 Å². The first-order valence-corrected chi connectivity index (χ1v) is 6.36. The van der Waals surface area contributed by atoms with Gasteiger partial charge in [0.05, 0.1) is 18.9 Å². The van der Waals surface area contributed by atoms with Crippen LogP contribution in [0.25, 0.3) is 0 Å². The van der Waals surface area contributed by atoms with Crippen molar-refractivity contribution in [3.05, 3.63) is 36.0 Å². The van der Waals surface area contributed by atoms with Crippen LogP contribution in [0.1, 0.15) is 6.92 Å². The van der Waals surface area contributed by atoms with Gasteiger partial charge in [0.1, 0.15) is 5.84 Å². The SMILES string of the molecule is CC(N)=CC(N)=Nc1cccc(N2CCOCC2)c1. The molecule has 0 aromatic heterocycles. The van der Waals surface area contributed by atoms with Crippen LogP contribution in [0.4, 0.5) is 11.4 Å². The van der Waals surface area contributed by atoms with E-state index in [9.17, 15) is 0 Å². The summed E-state index contributed by atoms with van der Waals surface area (Å²) in [6, 6.07) is 8.01. The summed E-state index contributed by atoms with van der Waals surface area (Å²) in [5, 5.41) is 0. The molecule has 4 N–H and O–H groups in total. The minimum atomic E-state index is 0.416. The molecule has 0 aliphatic carbocycles. The van der Waals surface area contributed by atoms with Crippen molar-refractivity contribution in [2.24, 2.45) is 16.5 Å². The Labute approximate surface area is 113 Å². The number of hydrogen-bond acceptors (Lipinski definition) is 4. The van der Waals surface area contributed by atoms with Gasteiger partial charge in [-0.05, 0) is 31.2 Å². The van der Waals surface area contributed by atoms with E-state index in [-0.39, 0.29) is 0 Å². The predicted octanol–water partition coefficient (Wildman–Crippen LogP) is 1.37. The van der Waals surface area contributed by atoms with E-state index in [1.54, 1.807) is 13.0 Å². The highest BCUT2D eigenvalue weighted by molar-refractivity contribution is 5.93. The highest BCUT2D eigenvalue weighted by Crippen LogP contribution is 2.22. The molecule has 0 saturated carbocycles. The molecule has 0 amide bonds. The number of anilines is 1. The molecule has 0 bridgehead atoms. The minimum Gasteiger partial charge on any atom is -0.402 e.